The number of carbonyl (C=O) groups is 2. The molecule has 17 heteroatoms. The van der Waals surface area contributed by atoms with E-state index in [4.69, 9.17) is 4.63 Å². The van der Waals surface area contributed by atoms with E-state index in [1.165, 1.54) is 16.8 Å². The smallest absolute Gasteiger partial charge is 0.342 e. The molecule has 3 fully saturated rings. The van der Waals surface area contributed by atoms with Gasteiger partial charge in [-0.3, -0.25) is 4.79 Å². The second-order valence-corrected chi connectivity index (χ2v) is 11.3. The predicted octanol–water partition coefficient (Wildman–Crippen LogP) is 4.71. The number of hydrogen-bond acceptors (Lipinski definition) is 8. The lowest BCUT2D eigenvalue weighted by atomic mass is 9.80. The minimum absolute atomic E-state index is 0.0493. The van der Waals surface area contributed by atoms with Crippen LogP contribution in [-0.2, 0) is 0 Å². The van der Waals surface area contributed by atoms with Gasteiger partial charge in [-0.15, -0.1) is 0 Å². The number of carbonyl (C=O) groups excluding carboxylic acids is 2. The molecule has 232 valence electrons. The summed E-state index contributed by atoms with van der Waals surface area (Å²) in [5.41, 5.74) is 1.50. The number of allylic oxidation sites excluding steroid dienone is 1. The molecule has 12 nitrogen and oxygen atoms in total. The maximum atomic E-state index is 13.4. The Morgan fingerprint density at radius 1 is 1.20 bits per heavy atom. The first-order chi connectivity index (χ1) is 21.0. The van der Waals surface area contributed by atoms with E-state index in [1.54, 1.807) is 6.20 Å². The van der Waals surface area contributed by atoms with Crippen molar-refractivity contribution in [3.05, 3.63) is 52.8 Å². The minimum Gasteiger partial charge on any atom is -0.342 e. The third-order valence-corrected chi connectivity index (χ3v) is 8.41. The van der Waals surface area contributed by atoms with Crippen molar-refractivity contribution in [2.75, 3.05) is 6.54 Å². The first-order valence-electron chi connectivity index (χ1n) is 14.1. The van der Waals surface area contributed by atoms with Crippen LogP contribution in [0.3, 0.4) is 0 Å². The Hall–Kier alpha value is -4.62. The van der Waals surface area contributed by atoms with Crippen molar-refractivity contribution in [2.24, 2.45) is 5.92 Å². The van der Waals surface area contributed by atoms with Crippen LogP contribution < -0.4 is 10.6 Å². The molecule has 3 amide bonds. The Morgan fingerprint density at radius 3 is 2.59 bits per heavy atom. The molecule has 0 unspecified atom stereocenters. The number of rotatable bonds is 8. The molecule has 2 N–H and O–H groups in total. The maximum Gasteiger partial charge on any atom is 0.410 e. The fraction of sp³-hybridized carbons (Fsp3) is 0.519. The zero-order chi connectivity index (χ0) is 31.2. The molecule has 1 aliphatic heterocycles. The first kappa shape index (κ1) is 29.5. The summed E-state index contributed by atoms with van der Waals surface area (Å²) in [7, 11) is 0. The van der Waals surface area contributed by atoms with Gasteiger partial charge in [-0.05, 0) is 66.8 Å². The quantitative estimate of drug-likeness (QED) is 0.344. The zero-order valence-corrected chi connectivity index (χ0v) is 23.0. The number of imidazole rings is 1. The number of urea groups is 1. The molecule has 0 radical (unpaired) electrons. The highest BCUT2D eigenvalue weighted by molar-refractivity contribution is 5.93. The number of alkyl halides is 3. The molecule has 4 heterocycles. The topological polar surface area (TPSA) is 154 Å². The zero-order valence-electron chi connectivity index (χ0n) is 23.0. The number of nitriles is 1. The Balaban J connectivity index is 1.30. The lowest BCUT2D eigenvalue weighted by Gasteiger charge is -2.30. The van der Waals surface area contributed by atoms with Gasteiger partial charge < -0.3 is 15.5 Å². The normalized spacial score (nSPS) is 22.0. The third-order valence-electron chi connectivity index (χ3n) is 8.41. The largest absolute Gasteiger partial charge is 0.410 e. The van der Waals surface area contributed by atoms with Crippen LogP contribution in [0.4, 0.5) is 26.7 Å². The highest BCUT2D eigenvalue weighted by Gasteiger charge is 2.48. The lowest BCUT2D eigenvalue weighted by molar-refractivity contribution is -0.150. The highest BCUT2D eigenvalue weighted by Crippen LogP contribution is 2.41. The number of nitrogens with zero attached hydrogens (tertiary/aromatic N) is 7. The van der Waals surface area contributed by atoms with E-state index in [-0.39, 0.29) is 48.0 Å². The summed E-state index contributed by atoms with van der Waals surface area (Å²) in [5, 5.41) is 26.2. The summed E-state index contributed by atoms with van der Waals surface area (Å²) in [5.74, 6) is -0.733. The van der Waals surface area contributed by atoms with Crippen LogP contribution in [0.5, 0.6) is 0 Å². The SMILES string of the molecule is N#CC[C@@H](c1cnn2cc([C@H](NC(=O)c3nonc3C3CC3)C3CCC(=C(F)F)CC3)nc2c1)N1C[C@@H](C(F)(F)F)NC1=O. The summed E-state index contributed by atoms with van der Waals surface area (Å²) in [6, 6.07) is -1.36. The predicted molar refractivity (Wildman–Crippen MR) is 139 cm³/mol. The molecule has 3 aliphatic rings. The number of amides is 3. The second kappa shape index (κ2) is 11.5. The molecule has 2 aliphatic carbocycles. The summed E-state index contributed by atoms with van der Waals surface area (Å²) in [6.45, 7) is -0.676. The van der Waals surface area contributed by atoms with Gasteiger partial charge in [0.2, 0.25) is 0 Å². The van der Waals surface area contributed by atoms with E-state index in [1.807, 2.05) is 11.4 Å². The average molecular weight is 620 g/mol. The standard InChI is InChI=1S/C27H26F5N9O3/c28-24(29)15-5-3-13(4-6-15)21(37-25(42)23-22(14-1-2-14)38-44-39-23)17-11-41-20(35-17)9-16(10-34-41)18(7-8-33)40-12-19(27(30,31)32)36-26(40)43/h9-11,13-14,18-19,21H,1-7,12H2,(H,36,43)(H,37,42)/t18-,19-,21+/m0/s1. The van der Waals surface area contributed by atoms with Gasteiger partial charge in [0.15, 0.2) is 11.3 Å². The Morgan fingerprint density at radius 2 is 1.95 bits per heavy atom. The molecule has 6 rings (SSSR count). The van der Waals surface area contributed by atoms with E-state index in [0.717, 1.165) is 17.7 Å². The summed E-state index contributed by atoms with van der Waals surface area (Å²) in [4.78, 5) is 31.4. The van der Waals surface area contributed by atoms with Gasteiger partial charge in [0.1, 0.15) is 11.7 Å². The van der Waals surface area contributed by atoms with Crippen LogP contribution in [-0.4, -0.2) is 60.5 Å². The number of halogens is 5. The Bertz CT molecular complexity index is 1640. The van der Waals surface area contributed by atoms with Gasteiger partial charge in [-0.25, -0.2) is 18.9 Å². The second-order valence-electron chi connectivity index (χ2n) is 11.3. The van der Waals surface area contributed by atoms with Crippen molar-refractivity contribution in [3.63, 3.8) is 0 Å². The van der Waals surface area contributed by atoms with Crippen molar-refractivity contribution in [2.45, 2.75) is 75.2 Å². The molecule has 1 saturated heterocycles. The molecule has 3 atom stereocenters. The van der Waals surface area contributed by atoms with Gasteiger partial charge in [0.25, 0.3) is 12.0 Å². The molecule has 0 spiro atoms. The van der Waals surface area contributed by atoms with E-state index < -0.39 is 48.9 Å². The van der Waals surface area contributed by atoms with Crippen molar-refractivity contribution < 1.29 is 36.2 Å². The van der Waals surface area contributed by atoms with E-state index in [9.17, 15) is 36.8 Å². The Kier molecular flexibility index (Phi) is 7.68. The molecular formula is C27H26F5N9O3. The van der Waals surface area contributed by atoms with Crippen LogP contribution in [0.2, 0.25) is 0 Å². The monoisotopic (exact) mass is 619 g/mol. The maximum absolute atomic E-state index is 13.4. The first-order valence-corrected chi connectivity index (χ1v) is 14.1. The van der Waals surface area contributed by atoms with Crippen LogP contribution in [0.25, 0.3) is 5.65 Å². The van der Waals surface area contributed by atoms with Gasteiger partial charge in [0, 0.05) is 5.92 Å². The van der Waals surface area contributed by atoms with Gasteiger partial charge in [-0.1, -0.05) is 5.16 Å². The fourth-order valence-corrected chi connectivity index (χ4v) is 5.88. The lowest BCUT2D eigenvalue weighted by Crippen LogP contribution is -2.40. The van der Waals surface area contributed by atoms with E-state index in [2.05, 4.69) is 25.7 Å². The number of nitrogens with one attached hydrogen (secondary N) is 2. The number of hydrogen-bond donors (Lipinski definition) is 2. The van der Waals surface area contributed by atoms with Gasteiger partial charge >= 0.3 is 12.2 Å². The third kappa shape index (κ3) is 5.80. The summed E-state index contributed by atoms with van der Waals surface area (Å²) < 4.78 is 72.6. The van der Waals surface area contributed by atoms with Gasteiger partial charge in [0.05, 0.1) is 49.2 Å². The number of fused-ring (bicyclic) bond motifs is 1. The molecular weight excluding hydrogens is 593 g/mol. The van der Waals surface area contributed by atoms with Crippen LogP contribution in [0.15, 0.2) is 34.7 Å². The summed E-state index contributed by atoms with van der Waals surface area (Å²) >= 11 is 0. The van der Waals surface area contributed by atoms with Crippen molar-refractivity contribution in [1.82, 2.24) is 40.4 Å². The Labute approximate surface area is 246 Å². The van der Waals surface area contributed by atoms with E-state index >= 15 is 0 Å². The van der Waals surface area contributed by atoms with E-state index in [0.29, 0.717) is 29.8 Å². The van der Waals surface area contributed by atoms with Crippen LogP contribution >= 0.6 is 0 Å². The average Bonchev–Trinajstić information content (AvgIpc) is 3.37. The van der Waals surface area contributed by atoms with Gasteiger partial charge in [-0.2, -0.15) is 32.3 Å². The number of aromatic nitrogens is 5. The minimum atomic E-state index is -4.66. The fourth-order valence-electron chi connectivity index (χ4n) is 5.88. The van der Waals surface area contributed by atoms with Crippen molar-refractivity contribution in [3.8, 4) is 6.07 Å². The molecule has 0 aromatic carbocycles. The van der Waals surface area contributed by atoms with Crippen molar-refractivity contribution >= 4 is 17.6 Å². The van der Waals surface area contributed by atoms with Crippen molar-refractivity contribution in [1.29, 1.82) is 5.26 Å². The highest BCUT2D eigenvalue weighted by atomic mass is 19.4. The molecule has 0 bridgehead atoms. The van der Waals surface area contributed by atoms with Crippen LogP contribution in [0, 0.1) is 17.2 Å². The van der Waals surface area contributed by atoms with Crippen LogP contribution in [0.1, 0.15) is 90.4 Å². The summed E-state index contributed by atoms with van der Waals surface area (Å²) in [6.07, 6.45) is -1.02. The molecule has 2 saturated carbocycles. The molecule has 3 aromatic rings. The molecule has 44 heavy (non-hydrogen) atoms. The molecule has 3 aromatic heterocycles.